The molecule has 2 aliphatic carbocycles. The molecule has 1 saturated heterocycles. The van der Waals surface area contributed by atoms with E-state index >= 15 is 0 Å². The number of likely N-dealkylation sites (tertiary alicyclic amines) is 1. The summed E-state index contributed by atoms with van der Waals surface area (Å²) >= 11 is 0. The minimum atomic E-state index is -0.920. The van der Waals surface area contributed by atoms with Crippen LogP contribution in [0.5, 0.6) is 0 Å². The molecule has 3 rings (SSSR count). The number of carbonyl (C=O) groups is 3. The maximum atomic E-state index is 12.6. The Hall–Kier alpha value is -1.59. The maximum Gasteiger partial charge on any atom is 0.307 e. The van der Waals surface area contributed by atoms with Gasteiger partial charge in [0.25, 0.3) is 0 Å². The van der Waals surface area contributed by atoms with Crippen molar-refractivity contribution >= 4 is 17.8 Å². The lowest BCUT2D eigenvalue weighted by atomic mass is 10.1. The number of amides is 2. The minimum Gasteiger partial charge on any atom is -0.481 e. The van der Waals surface area contributed by atoms with Crippen molar-refractivity contribution in [1.82, 2.24) is 10.2 Å². The Bertz CT molecular complexity index is 498. The van der Waals surface area contributed by atoms with Gasteiger partial charge in [-0.1, -0.05) is 13.8 Å². The van der Waals surface area contributed by atoms with Crippen LogP contribution in [0.1, 0.15) is 39.5 Å². The highest BCUT2D eigenvalue weighted by Gasteiger charge is 2.67. The van der Waals surface area contributed by atoms with Crippen molar-refractivity contribution in [2.45, 2.75) is 51.6 Å². The Labute approximate surface area is 123 Å². The number of nitrogens with zero attached hydrogens (tertiary/aromatic N) is 1. The first-order valence-electron chi connectivity index (χ1n) is 7.67. The monoisotopic (exact) mass is 294 g/mol. The van der Waals surface area contributed by atoms with Gasteiger partial charge >= 0.3 is 5.97 Å². The van der Waals surface area contributed by atoms with Crippen LogP contribution in [0.2, 0.25) is 0 Å². The van der Waals surface area contributed by atoms with E-state index in [9.17, 15) is 19.5 Å². The predicted octanol–water partition coefficient (Wildman–Crippen LogP) is 0.613. The van der Waals surface area contributed by atoms with Crippen LogP contribution in [0.15, 0.2) is 0 Å². The Kier molecular flexibility index (Phi) is 3.22. The largest absolute Gasteiger partial charge is 0.481 e. The molecular formula is C15H22N2O4. The standard InChI is InChI=1S/C15H22N2O4/c1-15(2)10(11(15)14(20)21)13(19)17-7-3-4-9(17)12(18)16-8-5-6-8/h8-11H,3-7H2,1-2H3,(H,16,18)(H,20,21)/t9?,10-,11+/m1/s1. The van der Waals surface area contributed by atoms with E-state index in [1.807, 2.05) is 13.8 Å². The van der Waals surface area contributed by atoms with Crippen LogP contribution in [0, 0.1) is 17.3 Å². The van der Waals surface area contributed by atoms with Crippen molar-refractivity contribution in [3.63, 3.8) is 0 Å². The molecular weight excluding hydrogens is 272 g/mol. The average Bonchev–Trinajstić information content (AvgIpc) is 3.23. The lowest BCUT2D eigenvalue weighted by Gasteiger charge is -2.24. The van der Waals surface area contributed by atoms with Crippen molar-refractivity contribution in [3.8, 4) is 0 Å². The van der Waals surface area contributed by atoms with Gasteiger partial charge < -0.3 is 15.3 Å². The van der Waals surface area contributed by atoms with Crippen LogP contribution in [0.4, 0.5) is 0 Å². The Morgan fingerprint density at radius 3 is 2.33 bits per heavy atom. The van der Waals surface area contributed by atoms with Crippen LogP contribution in [0.25, 0.3) is 0 Å². The van der Waals surface area contributed by atoms with Crippen LogP contribution in [0.3, 0.4) is 0 Å². The summed E-state index contributed by atoms with van der Waals surface area (Å²) < 4.78 is 0. The summed E-state index contributed by atoms with van der Waals surface area (Å²) in [6, 6.07) is -0.136. The van der Waals surface area contributed by atoms with Gasteiger partial charge in [-0.25, -0.2) is 0 Å². The molecule has 0 bridgehead atoms. The zero-order valence-corrected chi connectivity index (χ0v) is 12.5. The molecule has 0 radical (unpaired) electrons. The number of rotatable bonds is 4. The second kappa shape index (κ2) is 4.71. The SMILES string of the molecule is CC1(C)[C@H](C(=O)O)[C@@H]1C(=O)N1CCCC1C(=O)NC1CC1. The van der Waals surface area contributed by atoms with E-state index in [1.54, 1.807) is 4.90 Å². The average molecular weight is 294 g/mol. The number of hydrogen-bond donors (Lipinski definition) is 2. The molecule has 0 spiro atoms. The van der Waals surface area contributed by atoms with Gasteiger partial charge in [-0.2, -0.15) is 0 Å². The van der Waals surface area contributed by atoms with Crippen molar-refractivity contribution in [2.24, 2.45) is 17.3 Å². The number of nitrogens with one attached hydrogen (secondary N) is 1. The minimum absolute atomic E-state index is 0.0753. The van der Waals surface area contributed by atoms with Crippen molar-refractivity contribution in [1.29, 1.82) is 0 Å². The van der Waals surface area contributed by atoms with Gasteiger partial charge in [-0.3, -0.25) is 14.4 Å². The first-order chi connectivity index (χ1) is 9.84. The second-order valence-electron chi connectivity index (χ2n) is 7.09. The molecule has 3 atom stereocenters. The molecule has 0 aromatic carbocycles. The molecule has 3 aliphatic rings. The molecule has 2 N–H and O–H groups in total. The number of hydrogen-bond acceptors (Lipinski definition) is 3. The highest BCUT2D eigenvalue weighted by molar-refractivity contribution is 5.95. The van der Waals surface area contributed by atoms with Crippen LogP contribution < -0.4 is 5.32 Å². The molecule has 3 fully saturated rings. The lowest BCUT2D eigenvalue weighted by Crippen LogP contribution is -2.47. The lowest BCUT2D eigenvalue weighted by molar-refractivity contribution is -0.143. The highest BCUT2D eigenvalue weighted by atomic mass is 16.4. The maximum absolute atomic E-state index is 12.6. The van der Waals surface area contributed by atoms with Gasteiger partial charge in [0.15, 0.2) is 0 Å². The molecule has 2 saturated carbocycles. The quantitative estimate of drug-likeness (QED) is 0.795. The van der Waals surface area contributed by atoms with Gasteiger partial charge in [0, 0.05) is 12.6 Å². The normalized spacial score (nSPS) is 33.6. The predicted molar refractivity (Wildman–Crippen MR) is 74.3 cm³/mol. The fourth-order valence-electron chi connectivity index (χ4n) is 3.57. The van der Waals surface area contributed by atoms with Crippen molar-refractivity contribution in [2.75, 3.05) is 6.54 Å². The number of carboxylic acid groups (broad SMARTS) is 1. The van der Waals surface area contributed by atoms with E-state index in [0.29, 0.717) is 13.0 Å². The zero-order valence-electron chi connectivity index (χ0n) is 12.5. The Morgan fingerprint density at radius 1 is 1.14 bits per heavy atom. The summed E-state index contributed by atoms with van der Waals surface area (Å²) in [5.74, 6) is -2.28. The molecule has 21 heavy (non-hydrogen) atoms. The van der Waals surface area contributed by atoms with Gasteiger partial charge in [0.2, 0.25) is 11.8 Å². The van der Waals surface area contributed by atoms with Gasteiger partial charge in [-0.05, 0) is 31.1 Å². The summed E-state index contributed by atoms with van der Waals surface area (Å²) in [5.41, 5.74) is -0.511. The molecule has 116 valence electrons. The first-order valence-corrected chi connectivity index (χ1v) is 7.67. The molecule has 0 aromatic heterocycles. The van der Waals surface area contributed by atoms with E-state index in [2.05, 4.69) is 5.32 Å². The number of aliphatic carboxylic acids is 1. The third-order valence-corrected chi connectivity index (χ3v) is 5.12. The van der Waals surface area contributed by atoms with Crippen molar-refractivity contribution in [3.05, 3.63) is 0 Å². The third-order valence-electron chi connectivity index (χ3n) is 5.12. The van der Waals surface area contributed by atoms with Gasteiger partial charge in [0.1, 0.15) is 6.04 Å². The van der Waals surface area contributed by atoms with Crippen LogP contribution in [-0.4, -0.2) is 46.4 Å². The summed E-state index contributed by atoms with van der Waals surface area (Å²) in [5, 5.41) is 12.1. The van der Waals surface area contributed by atoms with Crippen LogP contribution >= 0.6 is 0 Å². The van der Waals surface area contributed by atoms with E-state index < -0.39 is 29.3 Å². The Morgan fingerprint density at radius 2 is 1.81 bits per heavy atom. The summed E-state index contributed by atoms with van der Waals surface area (Å²) in [6.07, 6.45) is 3.51. The molecule has 1 heterocycles. The molecule has 1 unspecified atom stereocenters. The summed E-state index contributed by atoms with van der Waals surface area (Å²) in [6.45, 7) is 4.17. The van der Waals surface area contributed by atoms with E-state index in [0.717, 1.165) is 19.3 Å². The summed E-state index contributed by atoms with van der Waals surface area (Å²) in [7, 11) is 0. The summed E-state index contributed by atoms with van der Waals surface area (Å²) in [4.78, 5) is 37.7. The van der Waals surface area contributed by atoms with Crippen LogP contribution in [-0.2, 0) is 14.4 Å². The first kappa shape index (κ1) is 14.4. The molecule has 6 heteroatoms. The second-order valence-corrected chi connectivity index (χ2v) is 7.09. The van der Waals surface area contributed by atoms with Gasteiger partial charge in [0.05, 0.1) is 11.8 Å². The Balaban J connectivity index is 1.69. The smallest absolute Gasteiger partial charge is 0.307 e. The van der Waals surface area contributed by atoms with Crippen molar-refractivity contribution < 1.29 is 19.5 Å². The zero-order chi connectivity index (χ0) is 15.4. The molecule has 0 aromatic rings. The van der Waals surface area contributed by atoms with Gasteiger partial charge in [-0.15, -0.1) is 0 Å². The number of carboxylic acids is 1. The van der Waals surface area contributed by atoms with E-state index in [-0.39, 0.29) is 17.9 Å². The highest BCUT2D eigenvalue weighted by Crippen LogP contribution is 2.59. The van der Waals surface area contributed by atoms with E-state index in [1.165, 1.54) is 0 Å². The molecule has 1 aliphatic heterocycles. The topological polar surface area (TPSA) is 86.7 Å². The number of carbonyl (C=O) groups excluding carboxylic acids is 2. The molecule has 6 nitrogen and oxygen atoms in total. The molecule has 2 amide bonds. The van der Waals surface area contributed by atoms with E-state index in [4.69, 9.17) is 0 Å². The third kappa shape index (κ3) is 2.40. The fourth-order valence-corrected chi connectivity index (χ4v) is 3.57. The fraction of sp³-hybridized carbons (Fsp3) is 0.800.